The molecular formula is C35H73N3. The topological polar surface area (TPSA) is 9.72 Å². The van der Waals surface area contributed by atoms with Crippen LogP contribution in [-0.4, -0.2) is 72.1 Å². The second-order valence-corrected chi connectivity index (χ2v) is 17.0. The van der Waals surface area contributed by atoms with Crippen molar-refractivity contribution >= 4 is 0 Å². The van der Waals surface area contributed by atoms with Crippen molar-refractivity contribution in [1.82, 2.24) is 14.7 Å². The SMILES string of the molecule is CC(C)N1CCC(C(C)(C)C)C1.CC(C)N1CCCC(C(C)(C)C)C1.CC(C)N1CCCC(C(C)(C)C)C1. The molecular weight excluding hydrogens is 462 g/mol. The lowest BCUT2D eigenvalue weighted by atomic mass is 9.76. The quantitative estimate of drug-likeness (QED) is 0.357. The van der Waals surface area contributed by atoms with Gasteiger partial charge in [-0.1, -0.05) is 62.3 Å². The predicted molar refractivity (Wildman–Crippen MR) is 172 cm³/mol. The van der Waals surface area contributed by atoms with Crippen LogP contribution in [0.25, 0.3) is 0 Å². The maximum atomic E-state index is 2.62. The van der Waals surface area contributed by atoms with Gasteiger partial charge in [0, 0.05) is 37.8 Å². The summed E-state index contributed by atoms with van der Waals surface area (Å²) in [5.41, 5.74) is 1.49. The van der Waals surface area contributed by atoms with Crippen LogP contribution in [0.4, 0.5) is 0 Å². The van der Waals surface area contributed by atoms with Gasteiger partial charge in [-0.05, 0) is 127 Å². The Labute approximate surface area is 241 Å². The lowest BCUT2D eigenvalue weighted by molar-refractivity contribution is 0.0787. The molecule has 38 heavy (non-hydrogen) atoms. The van der Waals surface area contributed by atoms with E-state index in [1.54, 1.807) is 0 Å². The smallest absolute Gasteiger partial charge is 0.00387 e. The van der Waals surface area contributed by atoms with Crippen LogP contribution >= 0.6 is 0 Å². The first-order chi connectivity index (χ1) is 17.2. The van der Waals surface area contributed by atoms with E-state index < -0.39 is 0 Å². The molecule has 0 amide bonds. The molecule has 0 saturated carbocycles. The van der Waals surface area contributed by atoms with Gasteiger partial charge >= 0.3 is 0 Å². The molecule has 0 aromatic heterocycles. The van der Waals surface area contributed by atoms with Crippen LogP contribution in [0.3, 0.4) is 0 Å². The van der Waals surface area contributed by atoms with Crippen molar-refractivity contribution in [1.29, 1.82) is 0 Å². The molecule has 3 aliphatic heterocycles. The van der Waals surface area contributed by atoms with Crippen LogP contribution < -0.4 is 0 Å². The van der Waals surface area contributed by atoms with Crippen molar-refractivity contribution < 1.29 is 0 Å². The third-order valence-corrected chi connectivity index (χ3v) is 9.99. The van der Waals surface area contributed by atoms with E-state index in [1.165, 1.54) is 71.4 Å². The van der Waals surface area contributed by atoms with Crippen LogP contribution in [0.5, 0.6) is 0 Å². The average Bonchev–Trinajstić information content (AvgIpc) is 3.31. The van der Waals surface area contributed by atoms with Crippen LogP contribution in [0.2, 0.25) is 0 Å². The third kappa shape index (κ3) is 12.6. The number of nitrogens with zero attached hydrogens (tertiary/aromatic N) is 3. The largest absolute Gasteiger partial charge is 0.301 e. The molecule has 3 rings (SSSR count). The van der Waals surface area contributed by atoms with Crippen molar-refractivity contribution in [3.8, 4) is 0 Å². The second kappa shape index (κ2) is 15.2. The zero-order valence-corrected chi connectivity index (χ0v) is 29.1. The van der Waals surface area contributed by atoms with Gasteiger partial charge in [-0.3, -0.25) is 0 Å². The summed E-state index contributed by atoms with van der Waals surface area (Å²) in [4.78, 5) is 7.84. The Hall–Kier alpha value is -0.120. The minimum absolute atomic E-state index is 0.494. The summed E-state index contributed by atoms with van der Waals surface area (Å²) >= 11 is 0. The molecule has 3 nitrogen and oxygen atoms in total. The van der Waals surface area contributed by atoms with E-state index in [0.29, 0.717) is 16.2 Å². The normalized spacial score (nSPS) is 26.8. The van der Waals surface area contributed by atoms with Gasteiger partial charge in [0.25, 0.3) is 0 Å². The zero-order valence-electron chi connectivity index (χ0n) is 29.1. The lowest BCUT2D eigenvalue weighted by Crippen LogP contribution is -2.43. The van der Waals surface area contributed by atoms with E-state index in [4.69, 9.17) is 0 Å². The summed E-state index contributed by atoms with van der Waals surface area (Å²) < 4.78 is 0. The summed E-state index contributed by atoms with van der Waals surface area (Å²) in [6.45, 7) is 43.0. The Balaban J connectivity index is 0.000000285. The van der Waals surface area contributed by atoms with Crippen LogP contribution in [0.15, 0.2) is 0 Å². The minimum atomic E-state index is 0.494. The van der Waals surface area contributed by atoms with Gasteiger partial charge in [0.05, 0.1) is 0 Å². The molecule has 3 aliphatic rings. The van der Waals surface area contributed by atoms with E-state index in [2.05, 4.69) is 119 Å². The summed E-state index contributed by atoms with van der Waals surface area (Å²) in [5.74, 6) is 2.69. The monoisotopic (exact) mass is 536 g/mol. The molecule has 0 aliphatic carbocycles. The first kappa shape index (κ1) is 35.9. The fraction of sp³-hybridized carbons (Fsp3) is 1.00. The lowest BCUT2D eigenvalue weighted by Gasteiger charge is -2.41. The zero-order chi connectivity index (χ0) is 29.5. The third-order valence-electron chi connectivity index (χ3n) is 9.99. The van der Waals surface area contributed by atoms with Crippen LogP contribution in [0, 0.1) is 34.0 Å². The van der Waals surface area contributed by atoms with Gasteiger partial charge in [-0.15, -0.1) is 0 Å². The van der Waals surface area contributed by atoms with Gasteiger partial charge in [0.1, 0.15) is 0 Å². The average molecular weight is 536 g/mol. The molecule has 3 saturated heterocycles. The number of rotatable bonds is 3. The number of hydrogen-bond acceptors (Lipinski definition) is 3. The molecule has 228 valence electrons. The van der Waals surface area contributed by atoms with Crippen molar-refractivity contribution in [3.63, 3.8) is 0 Å². The van der Waals surface area contributed by atoms with Gasteiger partial charge < -0.3 is 14.7 Å². The van der Waals surface area contributed by atoms with Crippen molar-refractivity contribution in [2.75, 3.05) is 39.3 Å². The molecule has 0 spiro atoms. The minimum Gasteiger partial charge on any atom is -0.301 e. The van der Waals surface area contributed by atoms with Gasteiger partial charge in [0.2, 0.25) is 0 Å². The molecule has 0 N–H and O–H groups in total. The Morgan fingerprint density at radius 3 is 0.895 bits per heavy atom. The predicted octanol–water partition coefficient (Wildman–Crippen LogP) is 9.07. The molecule has 0 aromatic rings. The molecule has 3 fully saturated rings. The summed E-state index contributed by atoms with van der Waals surface area (Å²) in [5, 5.41) is 0. The van der Waals surface area contributed by atoms with Crippen molar-refractivity contribution in [3.05, 3.63) is 0 Å². The molecule has 3 heteroatoms. The summed E-state index contributed by atoms with van der Waals surface area (Å²) in [6, 6.07) is 2.19. The molecule has 3 unspecified atom stereocenters. The highest BCUT2D eigenvalue weighted by Gasteiger charge is 2.33. The maximum Gasteiger partial charge on any atom is 0.00387 e. The second-order valence-electron chi connectivity index (χ2n) is 17.0. The highest BCUT2D eigenvalue weighted by molar-refractivity contribution is 4.85. The van der Waals surface area contributed by atoms with E-state index in [-0.39, 0.29) is 0 Å². The molecule has 3 atom stereocenters. The number of likely N-dealkylation sites (tertiary alicyclic amines) is 3. The number of hydrogen-bond donors (Lipinski definition) is 0. The van der Waals surface area contributed by atoms with Gasteiger partial charge in [-0.25, -0.2) is 0 Å². The summed E-state index contributed by atoms with van der Waals surface area (Å²) in [6.07, 6.45) is 7.02. The van der Waals surface area contributed by atoms with Crippen molar-refractivity contribution in [2.24, 2.45) is 34.0 Å². The molecule has 0 radical (unpaired) electrons. The Kier molecular flexibility index (Phi) is 14.4. The van der Waals surface area contributed by atoms with E-state index in [9.17, 15) is 0 Å². The fourth-order valence-electron chi connectivity index (χ4n) is 6.33. The first-order valence-electron chi connectivity index (χ1n) is 16.5. The number of piperidine rings is 2. The highest BCUT2D eigenvalue weighted by atomic mass is 15.2. The van der Waals surface area contributed by atoms with E-state index in [1.807, 2.05) is 0 Å². The molecule has 0 aromatic carbocycles. The highest BCUT2D eigenvalue weighted by Crippen LogP contribution is 2.35. The van der Waals surface area contributed by atoms with Crippen molar-refractivity contribution in [2.45, 2.75) is 154 Å². The Bertz CT molecular complexity index is 593. The Morgan fingerprint density at radius 1 is 0.421 bits per heavy atom. The maximum absolute atomic E-state index is 2.62. The molecule has 3 heterocycles. The van der Waals surface area contributed by atoms with Gasteiger partial charge in [-0.2, -0.15) is 0 Å². The van der Waals surface area contributed by atoms with E-state index >= 15 is 0 Å². The first-order valence-corrected chi connectivity index (χ1v) is 16.5. The standard InChI is InChI=1S/2C12H25N.C11H23N/c2*1-10(2)13-8-6-7-11(9-13)12(3,4)5;1-9(2)12-7-6-10(8-12)11(3,4)5/h2*10-11H,6-9H2,1-5H3;9-10H,6-8H2,1-5H3. The molecule has 0 bridgehead atoms. The van der Waals surface area contributed by atoms with Gasteiger partial charge in [0.15, 0.2) is 0 Å². The van der Waals surface area contributed by atoms with E-state index in [0.717, 1.165) is 35.9 Å². The summed E-state index contributed by atoms with van der Waals surface area (Å²) in [7, 11) is 0. The van der Waals surface area contributed by atoms with Crippen LogP contribution in [0.1, 0.15) is 136 Å². The van der Waals surface area contributed by atoms with Crippen LogP contribution in [-0.2, 0) is 0 Å². The fourth-order valence-corrected chi connectivity index (χ4v) is 6.33. The Morgan fingerprint density at radius 2 is 0.684 bits per heavy atom.